The number of aromatic hydroxyl groups is 1. The minimum absolute atomic E-state index is 0.0890. The lowest BCUT2D eigenvalue weighted by atomic mass is 10.0. The van der Waals surface area contributed by atoms with Crippen LogP contribution in [0, 0.1) is 5.82 Å². The molecule has 0 aliphatic carbocycles. The van der Waals surface area contributed by atoms with Crippen LogP contribution in [0.2, 0.25) is 5.02 Å². The fourth-order valence-corrected chi connectivity index (χ4v) is 5.52. The Morgan fingerprint density at radius 3 is 2.73 bits per heavy atom. The summed E-state index contributed by atoms with van der Waals surface area (Å²) in [5, 5.41) is 13.1. The molecule has 13 nitrogen and oxygen atoms in total. The molecule has 1 fully saturated rings. The highest BCUT2D eigenvalue weighted by atomic mass is 35.5. The van der Waals surface area contributed by atoms with Crippen LogP contribution >= 0.6 is 11.6 Å². The number of carbonyl (C=O) groups excluding carboxylic acids is 2. The SMILES string of the molecule is COCCN1CCN(c2cc(NC(=O)Cn3cc(-c4cc(F)c(O)c(C(N)=O)c4)c4c(=O)n(C)cnc43)c(Cl)cn2)[C@@H](C)C1. The third-order valence-corrected chi connectivity index (χ3v) is 7.92. The van der Waals surface area contributed by atoms with Crippen LogP contribution in [-0.4, -0.2) is 86.9 Å². The summed E-state index contributed by atoms with van der Waals surface area (Å²) in [4.78, 5) is 51.6. The van der Waals surface area contributed by atoms with Crippen molar-refractivity contribution in [2.75, 3.05) is 50.1 Å². The molecule has 0 spiro atoms. The molecule has 0 unspecified atom stereocenters. The monoisotopic (exact) mass is 626 g/mol. The maximum atomic E-state index is 14.6. The van der Waals surface area contributed by atoms with E-state index in [0.29, 0.717) is 18.1 Å². The van der Waals surface area contributed by atoms with E-state index in [1.54, 1.807) is 13.2 Å². The van der Waals surface area contributed by atoms with E-state index in [0.717, 1.165) is 32.2 Å². The molecular formula is C29H32ClFN8O5. The lowest BCUT2D eigenvalue weighted by Gasteiger charge is -2.40. The second-order valence-corrected chi connectivity index (χ2v) is 11.1. The van der Waals surface area contributed by atoms with Gasteiger partial charge in [0, 0.05) is 64.2 Å². The highest BCUT2D eigenvalue weighted by Gasteiger charge is 2.26. The zero-order valence-electron chi connectivity index (χ0n) is 24.4. The maximum Gasteiger partial charge on any atom is 0.263 e. The molecule has 1 aliphatic heterocycles. The van der Waals surface area contributed by atoms with E-state index in [9.17, 15) is 23.9 Å². The van der Waals surface area contributed by atoms with Crippen LogP contribution in [0.5, 0.6) is 5.75 Å². The number of methoxy groups -OCH3 is 1. The molecule has 1 saturated heterocycles. The molecule has 4 aromatic rings. The number of halogens is 2. The molecule has 1 aliphatic rings. The Balaban J connectivity index is 1.42. The Labute approximate surface area is 256 Å². The fourth-order valence-electron chi connectivity index (χ4n) is 5.37. The number of benzene rings is 1. The number of aryl methyl sites for hydroxylation is 1. The van der Waals surface area contributed by atoms with Crippen LogP contribution < -0.4 is 21.5 Å². The van der Waals surface area contributed by atoms with Gasteiger partial charge in [0.25, 0.3) is 11.5 Å². The quantitative estimate of drug-likeness (QED) is 0.253. The first kappa shape index (κ1) is 30.9. The first-order valence-electron chi connectivity index (χ1n) is 13.8. The molecule has 0 saturated carbocycles. The van der Waals surface area contributed by atoms with Crippen molar-refractivity contribution < 1.29 is 23.8 Å². The molecule has 2 amide bonds. The van der Waals surface area contributed by atoms with Crippen molar-refractivity contribution in [1.82, 2.24) is 24.0 Å². The predicted octanol–water partition coefficient (Wildman–Crippen LogP) is 2.19. The zero-order chi connectivity index (χ0) is 31.7. The van der Waals surface area contributed by atoms with E-state index in [1.165, 1.54) is 41.0 Å². The Morgan fingerprint density at radius 2 is 2.02 bits per heavy atom. The number of nitrogens with one attached hydrogen (secondary N) is 1. The summed E-state index contributed by atoms with van der Waals surface area (Å²) in [6, 6.07) is 4.04. The molecule has 4 heterocycles. The molecule has 1 aromatic carbocycles. The third kappa shape index (κ3) is 6.09. The Hall–Kier alpha value is -4.53. The average Bonchev–Trinajstić information content (AvgIpc) is 3.34. The van der Waals surface area contributed by atoms with Gasteiger partial charge in [0.2, 0.25) is 5.91 Å². The van der Waals surface area contributed by atoms with Crippen molar-refractivity contribution in [2.24, 2.45) is 12.8 Å². The van der Waals surface area contributed by atoms with Gasteiger partial charge < -0.3 is 34.9 Å². The van der Waals surface area contributed by atoms with Crippen LogP contribution in [-0.2, 0) is 23.1 Å². The summed E-state index contributed by atoms with van der Waals surface area (Å²) in [6.07, 6.45) is 4.25. The van der Waals surface area contributed by atoms with E-state index in [4.69, 9.17) is 22.1 Å². The molecule has 3 aromatic heterocycles. The number of anilines is 2. The normalized spacial score (nSPS) is 15.6. The Morgan fingerprint density at radius 1 is 1.25 bits per heavy atom. The number of nitrogens with zero attached hydrogens (tertiary/aromatic N) is 6. The number of fused-ring (bicyclic) bond motifs is 1. The second kappa shape index (κ2) is 12.6. The van der Waals surface area contributed by atoms with Gasteiger partial charge in [0.05, 0.1) is 40.8 Å². The average molecular weight is 627 g/mol. The largest absolute Gasteiger partial charge is 0.504 e. The van der Waals surface area contributed by atoms with Crippen molar-refractivity contribution in [3.05, 3.63) is 63.7 Å². The predicted molar refractivity (Wildman–Crippen MR) is 164 cm³/mol. The van der Waals surface area contributed by atoms with E-state index in [1.807, 2.05) is 0 Å². The summed E-state index contributed by atoms with van der Waals surface area (Å²) in [7, 11) is 3.18. The second-order valence-electron chi connectivity index (χ2n) is 10.7. The Kier molecular flexibility index (Phi) is 8.85. The Bertz CT molecular complexity index is 1810. The summed E-state index contributed by atoms with van der Waals surface area (Å²) in [6.45, 7) is 5.73. The number of carbonyl (C=O) groups is 2. The molecule has 15 heteroatoms. The summed E-state index contributed by atoms with van der Waals surface area (Å²) in [5.41, 5.74) is 5.23. The van der Waals surface area contributed by atoms with E-state index in [-0.39, 0.29) is 39.8 Å². The number of piperazine rings is 1. The minimum Gasteiger partial charge on any atom is -0.504 e. The van der Waals surface area contributed by atoms with Crippen molar-refractivity contribution in [3.63, 3.8) is 0 Å². The molecular weight excluding hydrogens is 595 g/mol. The number of nitrogens with two attached hydrogens (primary N) is 1. The topological polar surface area (TPSA) is 161 Å². The van der Waals surface area contributed by atoms with Gasteiger partial charge in [-0.05, 0) is 24.6 Å². The van der Waals surface area contributed by atoms with Gasteiger partial charge in [-0.2, -0.15) is 0 Å². The highest BCUT2D eigenvalue weighted by Crippen LogP contribution is 2.33. The lowest BCUT2D eigenvalue weighted by Crippen LogP contribution is -2.52. The van der Waals surface area contributed by atoms with E-state index < -0.39 is 34.5 Å². The summed E-state index contributed by atoms with van der Waals surface area (Å²) < 4.78 is 22.4. The number of primary amides is 1. The molecule has 5 rings (SSSR count). The summed E-state index contributed by atoms with van der Waals surface area (Å²) >= 11 is 6.41. The van der Waals surface area contributed by atoms with Crippen LogP contribution in [0.3, 0.4) is 0 Å². The number of hydrogen-bond donors (Lipinski definition) is 3. The smallest absolute Gasteiger partial charge is 0.263 e. The first-order valence-corrected chi connectivity index (χ1v) is 14.2. The lowest BCUT2D eigenvalue weighted by molar-refractivity contribution is -0.116. The van der Waals surface area contributed by atoms with Crippen molar-refractivity contribution in [3.8, 4) is 16.9 Å². The summed E-state index contributed by atoms with van der Waals surface area (Å²) in [5.74, 6) is -2.84. The molecule has 44 heavy (non-hydrogen) atoms. The van der Waals surface area contributed by atoms with Gasteiger partial charge in [-0.25, -0.2) is 14.4 Å². The molecule has 232 valence electrons. The number of hydrogen-bond acceptors (Lipinski definition) is 9. The van der Waals surface area contributed by atoms with E-state index in [2.05, 4.69) is 32.0 Å². The number of rotatable bonds is 9. The van der Waals surface area contributed by atoms with Gasteiger partial charge in [0.1, 0.15) is 18.0 Å². The van der Waals surface area contributed by atoms with Crippen LogP contribution in [0.15, 0.2) is 41.7 Å². The minimum atomic E-state index is -1.09. The van der Waals surface area contributed by atoms with Crippen molar-refractivity contribution >= 4 is 46.0 Å². The van der Waals surface area contributed by atoms with Crippen LogP contribution in [0.4, 0.5) is 15.9 Å². The van der Waals surface area contributed by atoms with Crippen molar-refractivity contribution in [2.45, 2.75) is 19.5 Å². The maximum absolute atomic E-state index is 14.6. The molecule has 1 atom stereocenters. The standard InChI is InChI=1S/C29H32ClFN8O5/c1-16-12-37(6-7-44-3)4-5-39(16)23-10-22(20(30)11-33-23)35-24(40)14-38-13-19(25-28(38)34-15-36(2)29(25)43)17-8-18(27(32)42)26(41)21(31)9-17/h8-11,13,15-16,41H,4-7,12,14H2,1-3H3,(H2,32,42)(H,33,35,40)/t16-/m0/s1. The van der Waals surface area contributed by atoms with Gasteiger partial charge in [-0.1, -0.05) is 11.6 Å². The number of ether oxygens (including phenoxy) is 1. The number of phenols is 1. The van der Waals surface area contributed by atoms with Gasteiger partial charge in [-0.15, -0.1) is 0 Å². The number of amides is 2. The molecule has 0 bridgehead atoms. The van der Waals surface area contributed by atoms with Gasteiger partial charge in [-0.3, -0.25) is 19.3 Å². The van der Waals surface area contributed by atoms with Crippen molar-refractivity contribution in [1.29, 1.82) is 0 Å². The van der Waals surface area contributed by atoms with Gasteiger partial charge in [0.15, 0.2) is 11.6 Å². The number of pyridine rings is 1. The number of aromatic nitrogens is 4. The van der Waals surface area contributed by atoms with Crippen LogP contribution in [0.1, 0.15) is 17.3 Å². The fraction of sp³-hybridized carbons (Fsp3) is 0.345. The molecule has 0 radical (unpaired) electrons. The van der Waals surface area contributed by atoms with Crippen LogP contribution in [0.25, 0.3) is 22.2 Å². The zero-order valence-corrected chi connectivity index (χ0v) is 25.1. The van der Waals surface area contributed by atoms with E-state index >= 15 is 0 Å². The first-order chi connectivity index (χ1) is 21.0. The third-order valence-electron chi connectivity index (χ3n) is 7.62. The molecule has 4 N–H and O–H groups in total. The highest BCUT2D eigenvalue weighted by molar-refractivity contribution is 6.33. The van der Waals surface area contributed by atoms with Gasteiger partial charge >= 0.3 is 0 Å².